The van der Waals surface area contributed by atoms with Crippen LogP contribution in [0.4, 0.5) is 0 Å². The van der Waals surface area contributed by atoms with Crippen LogP contribution in [0.1, 0.15) is 41.5 Å². The summed E-state index contributed by atoms with van der Waals surface area (Å²) in [6.07, 6.45) is 0. The largest absolute Gasteiger partial charge is 0.466 e. The Labute approximate surface area is 99.9 Å². The van der Waals surface area contributed by atoms with Crippen LogP contribution >= 0.6 is 0 Å². The third-order valence-corrected chi connectivity index (χ3v) is 3.28. The highest BCUT2D eigenvalue weighted by atomic mass is 16.5. The summed E-state index contributed by atoms with van der Waals surface area (Å²) in [4.78, 5) is 11.4. The molecule has 0 radical (unpaired) electrons. The van der Waals surface area contributed by atoms with E-state index < -0.39 is 0 Å². The number of hydrogen-bond acceptors (Lipinski definition) is 3. The summed E-state index contributed by atoms with van der Waals surface area (Å²) in [6, 6.07) is 0. The highest BCUT2D eigenvalue weighted by molar-refractivity contribution is 5.72. The molecule has 0 aliphatic rings. The van der Waals surface area contributed by atoms with Gasteiger partial charge in [-0.15, -0.1) is 0 Å². The Balaban J connectivity index is 3.86. The number of hydrogen-bond donors (Lipinski definition) is 1. The SMILES string of the molecule is CCOC(=O)C(C)CNCC(C)(C)C(C)C. The first-order chi connectivity index (χ1) is 7.31. The zero-order valence-corrected chi connectivity index (χ0v) is 11.6. The van der Waals surface area contributed by atoms with Crippen molar-refractivity contribution in [2.24, 2.45) is 17.3 Å². The molecule has 0 fully saturated rings. The summed E-state index contributed by atoms with van der Waals surface area (Å²) in [5, 5.41) is 3.35. The normalized spacial score (nSPS) is 13.9. The Morgan fingerprint density at radius 1 is 1.31 bits per heavy atom. The predicted octanol–water partition coefficient (Wildman–Crippen LogP) is 2.46. The topological polar surface area (TPSA) is 38.3 Å². The van der Waals surface area contributed by atoms with Crippen LogP contribution in [-0.4, -0.2) is 25.7 Å². The fourth-order valence-corrected chi connectivity index (χ4v) is 1.18. The third-order valence-electron chi connectivity index (χ3n) is 3.28. The molecule has 1 N–H and O–H groups in total. The van der Waals surface area contributed by atoms with E-state index in [0.29, 0.717) is 19.1 Å². The number of esters is 1. The standard InChI is InChI=1S/C13H27NO2/c1-7-16-12(15)11(4)8-14-9-13(5,6)10(2)3/h10-11,14H,7-9H2,1-6H3. The molecule has 0 aromatic rings. The molecule has 0 saturated carbocycles. The zero-order chi connectivity index (χ0) is 12.8. The van der Waals surface area contributed by atoms with Crippen molar-refractivity contribution in [3.63, 3.8) is 0 Å². The average Bonchev–Trinajstić information content (AvgIpc) is 2.17. The van der Waals surface area contributed by atoms with Crippen LogP contribution in [0.15, 0.2) is 0 Å². The minimum atomic E-state index is -0.114. The van der Waals surface area contributed by atoms with Gasteiger partial charge in [-0.3, -0.25) is 4.79 Å². The van der Waals surface area contributed by atoms with Gasteiger partial charge in [-0.2, -0.15) is 0 Å². The number of nitrogens with one attached hydrogen (secondary N) is 1. The molecule has 0 rings (SSSR count). The van der Waals surface area contributed by atoms with Crippen LogP contribution in [0.3, 0.4) is 0 Å². The number of carbonyl (C=O) groups is 1. The molecule has 96 valence electrons. The fourth-order valence-electron chi connectivity index (χ4n) is 1.18. The summed E-state index contributed by atoms with van der Waals surface area (Å²) in [5.74, 6) is 0.443. The van der Waals surface area contributed by atoms with Gasteiger partial charge in [0.05, 0.1) is 12.5 Å². The highest BCUT2D eigenvalue weighted by Crippen LogP contribution is 2.24. The van der Waals surface area contributed by atoms with Crippen LogP contribution < -0.4 is 5.32 Å². The third kappa shape index (κ3) is 5.50. The van der Waals surface area contributed by atoms with Gasteiger partial charge in [0.15, 0.2) is 0 Å². The molecule has 0 spiro atoms. The van der Waals surface area contributed by atoms with Gasteiger partial charge >= 0.3 is 5.97 Å². The summed E-state index contributed by atoms with van der Waals surface area (Å²) in [5.41, 5.74) is 0.258. The van der Waals surface area contributed by atoms with Crippen molar-refractivity contribution in [3.8, 4) is 0 Å². The summed E-state index contributed by atoms with van der Waals surface area (Å²) in [6.45, 7) is 14.7. The Bertz CT molecular complexity index is 212. The maximum atomic E-state index is 11.4. The summed E-state index contributed by atoms with van der Waals surface area (Å²) < 4.78 is 4.95. The van der Waals surface area contributed by atoms with Crippen LogP contribution in [0.25, 0.3) is 0 Å². The van der Waals surface area contributed by atoms with Crippen molar-refractivity contribution >= 4 is 5.97 Å². The fraction of sp³-hybridized carbons (Fsp3) is 0.923. The monoisotopic (exact) mass is 229 g/mol. The van der Waals surface area contributed by atoms with E-state index in [1.165, 1.54) is 0 Å². The zero-order valence-electron chi connectivity index (χ0n) is 11.6. The highest BCUT2D eigenvalue weighted by Gasteiger charge is 2.22. The Hall–Kier alpha value is -0.570. The lowest BCUT2D eigenvalue weighted by molar-refractivity contribution is -0.147. The quantitative estimate of drug-likeness (QED) is 0.682. The minimum Gasteiger partial charge on any atom is -0.466 e. The second-order valence-electron chi connectivity index (χ2n) is 5.43. The molecule has 0 aromatic heterocycles. The van der Waals surface area contributed by atoms with Crippen LogP contribution in [-0.2, 0) is 9.53 Å². The van der Waals surface area contributed by atoms with Crippen molar-refractivity contribution in [3.05, 3.63) is 0 Å². The first kappa shape index (κ1) is 15.4. The Morgan fingerprint density at radius 2 is 1.88 bits per heavy atom. The molecule has 0 saturated heterocycles. The number of carbonyl (C=O) groups excluding carboxylic acids is 1. The maximum absolute atomic E-state index is 11.4. The van der Waals surface area contributed by atoms with Gasteiger partial charge in [0.25, 0.3) is 0 Å². The van der Waals surface area contributed by atoms with Gasteiger partial charge in [-0.25, -0.2) is 0 Å². The van der Waals surface area contributed by atoms with Crippen LogP contribution in [0.5, 0.6) is 0 Å². The number of ether oxygens (including phenoxy) is 1. The van der Waals surface area contributed by atoms with Gasteiger partial charge in [-0.1, -0.05) is 34.6 Å². The molecule has 0 bridgehead atoms. The van der Waals surface area contributed by atoms with E-state index in [0.717, 1.165) is 6.54 Å². The van der Waals surface area contributed by atoms with Gasteiger partial charge < -0.3 is 10.1 Å². The van der Waals surface area contributed by atoms with Crippen molar-refractivity contribution < 1.29 is 9.53 Å². The van der Waals surface area contributed by atoms with Crippen LogP contribution in [0, 0.1) is 17.3 Å². The van der Waals surface area contributed by atoms with Crippen molar-refractivity contribution in [2.45, 2.75) is 41.5 Å². The smallest absolute Gasteiger partial charge is 0.309 e. The maximum Gasteiger partial charge on any atom is 0.309 e. The molecule has 16 heavy (non-hydrogen) atoms. The summed E-state index contributed by atoms with van der Waals surface area (Å²) >= 11 is 0. The molecule has 1 unspecified atom stereocenters. The molecule has 0 aliphatic carbocycles. The second kappa shape index (κ2) is 6.89. The van der Waals surface area contributed by atoms with Gasteiger partial charge in [-0.05, 0) is 18.3 Å². The Morgan fingerprint density at radius 3 is 2.31 bits per heavy atom. The molecule has 1 atom stereocenters. The molecular formula is C13H27NO2. The Kier molecular flexibility index (Phi) is 6.65. The predicted molar refractivity (Wildman–Crippen MR) is 67.3 cm³/mol. The van der Waals surface area contributed by atoms with Crippen molar-refractivity contribution in [1.82, 2.24) is 5.32 Å². The minimum absolute atomic E-state index is 0.0667. The van der Waals surface area contributed by atoms with E-state index in [-0.39, 0.29) is 17.3 Å². The molecule has 0 heterocycles. The van der Waals surface area contributed by atoms with E-state index in [4.69, 9.17) is 4.74 Å². The first-order valence-electron chi connectivity index (χ1n) is 6.18. The van der Waals surface area contributed by atoms with E-state index >= 15 is 0 Å². The first-order valence-corrected chi connectivity index (χ1v) is 6.18. The number of rotatable bonds is 7. The van der Waals surface area contributed by atoms with E-state index in [2.05, 4.69) is 33.0 Å². The van der Waals surface area contributed by atoms with E-state index in [9.17, 15) is 4.79 Å². The van der Waals surface area contributed by atoms with Crippen molar-refractivity contribution in [2.75, 3.05) is 19.7 Å². The van der Waals surface area contributed by atoms with Gasteiger partial charge in [0, 0.05) is 13.1 Å². The average molecular weight is 229 g/mol. The molecule has 0 amide bonds. The van der Waals surface area contributed by atoms with Gasteiger partial charge in [0.1, 0.15) is 0 Å². The molecule has 0 aromatic carbocycles. The molecular weight excluding hydrogens is 202 g/mol. The molecule has 3 nitrogen and oxygen atoms in total. The van der Waals surface area contributed by atoms with E-state index in [1.54, 1.807) is 0 Å². The lowest BCUT2D eigenvalue weighted by Gasteiger charge is -2.30. The van der Waals surface area contributed by atoms with Crippen molar-refractivity contribution in [1.29, 1.82) is 0 Å². The molecule has 3 heteroatoms. The second-order valence-corrected chi connectivity index (χ2v) is 5.43. The van der Waals surface area contributed by atoms with Crippen LogP contribution in [0.2, 0.25) is 0 Å². The summed E-state index contributed by atoms with van der Waals surface area (Å²) in [7, 11) is 0. The lowest BCUT2D eigenvalue weighted by atomic mass is 9.81. The van der Waals surface area contributed by atoms with E-state index in [1.807, 2.05) is 13.8 Å². The molecule has 0 aliphatic heterocycles. The lowest BCUT2D eigenvalue weighted by Crippen LogP contribution is -2.37. The van der Waals surface area contributed by atoms with Gasteiger partial charge in [0.2, 0.25) is 0 Å².